The molecule has 0 radical (unpaired) electrons. The number of hydrogen-bond acceptors (Lipinski definition) is 3. The summed E-state index contributed by atoms with van der Waals surface area (Å²) in [6.45, 7) is 4.60. The van der Waals surface area contributed by atoms with Gasteiger partial charge in [0.1, 0.15) is 5.76 Å². The highest BCUT2D eigenvalue weighted by Gasteiger charge is 2.22. The van der Waals surface area contributed by atoms with Crippen molar-refractivity contribution in [1.29, 1.82) is 0 Å². The zero-order valence-electron chi connectivity index (χ0n) is 12.5. The number of hydrogen-bond donors (Lipinski definition) is 2. The Labute approximate surface area is 125 Å². The topological polar surface area (TPSA) is 54.3 Å². The lowest BCUT2D eigenvalue weighted by atomic mass is 10.0. The van der Waals surface area contributed by atoms with Gasteiger partial charge in [0.15, 0.2) is 0 Å². The van der Waals surface area contributed by atoms with Crippen LogP contribution in [-0.2, 0) is 4.79 Å². The summed E-state index contributed by atoms with van der Waals surface area (Å²) >= 11 is 0. The minimum Gasteiger partial charge on any atom is -0.467 e. The molecule has 2 aromatic rings. The molecule has 0 aliphatic heterocycles. The lowest BCUT2D eigenvalue weighted by Crippen LogP contribution is -2.44. The highest BCUT2D eigenvalue weighted by atomic mass is 16.3. The van der Waals surface area contributed by atoms with E-state index < -0.39 is 0 Å². The third-order valence-electron chi connectivity index (χ3n) is 3.32. The first-order valence-electron chi connectivity index (χ1n) is 7.34. The summed E-state index contributed by atoms with van der Waals surface area (Å²) in [4.78, 5) is 12.0. The maximum absolute atomic E-state index is 12.0. The smallest absolute Gasteiger partial charge is 0.236 e. The predicted molar refractivity (Wildman–Crippen MR) is 82.9 cm³/mol. The number of furan rings is 1. The van der Waals surface area contributed by atoms with E-state index in [9.17, 15) is 4.79 Å². The first kappa shape index (κ1) is 15.3. The van der Waals surface area contributed by atoms with Crippen LogP contribution in [0.25, 0.3) is 0 Å². The summed E-state index contributed by atoms with van der Waals surface area (Å²) in [6.07, 6.45) is 2.58. The largest absolute Gasteiger partial charge is 0.467 e. The second-order valence-corrected chi connectivity index (χ2v) is 5.04. The number of benzene rings is 1. The van der Waals surface area contributed by atoms with E-state index in [1.54, 1.807) is 6.26 Å². The van der Waals surface area contributed by atoms with Crippen molar-refractivity contribution in [2.24, 2.45) is 0 Å². The zero-order valence-corrected chi connectivity index (χ0v) is 12.5. The molecule has 1 aromatic heterocycles. The summed E-state index contributed by atoms with van der Waals surface area (Å²) in [7, 11) is 0. The molecule has 112 valence electrons. The lowest BCUT2D eigenvalue weighted by Gasteiger charge is -2.21. The van der Waals surface area contributed by atoms with Gasteiger partial charge in [-0.25, -0.2) is 0 Å². The minimum atomic E-state index is -0.299. The van der Waals surface area contributed by atoms with Gasteiger partial charge in [0.05, 0.1) is 18.3 Å². The average molecular weight is 286 g/mol. The molecule has 0 aliphatic rings. The Hall–Kier alpha value is -2.07. The van der Waals surface area contributed by atoms with E-state index in [4.69, 9.17) is 4.42 Å². The van der Waals surface area contributed by atoms with Crippen LogP contribution in [0.5, 0.6) is 0 Å². The number of rotatable bonds is 7. The molecule has 0 saturated carbocycles. The molecule has 2 N–H and O–H groups in total. The second-order valence-electron chi connectivity index (χ2n) is 5.04. The Morgan fingerprint density at radius 2 is 1.95 bits per heavy atom. The Morgan fingerprint density at radius 1 is 1.19 bits per heavy atom. The van der Waals surface area contributed by atoms with E-state index in [0.29, 0.717) is 6.54 Å². The quantitative estimate of drug-likeness (QED) is 0.823. The molecular formula is C17H22N2O2. The van der Waals surface area contributed by atoms with Crippen LogP contribution in [0.1, 0.15) is 37.6 Å². The zero-order chi connectivity index (χ0) is 15.1. The van der Waals surface area contributed by atoms with Gasteiger partial charge in [-0.15, -0.1) is 0 Å². The molecule has 1 heterocycles. The van der Waals surface area contributed by atoms with Crippen LogP contribution in [0.3, 0.4) is 0 Å². The molecule has 2 unspecified atom stereocenters. The Balaban J connectivity index is 2.12. The molecule has 1 amide bonds. The SMILES string of the molecule is CCCNC(=O)C(C)NC(c1ccccc1)c1ccco1. The maximum atomic E-state index is 12.0. The van der Waals surface area contributed by atoms with E-state index in [-0.39, 0.29) is 18.0 Å². The van der Waals surface area contributed by atoms with Gasteiger partial charge >= 0.3 is 0 Å². The third-order valence-corrected chi connectivity index (χ3v) is 3.32. The summed E-state index contributed by atoms with van der Waals surface area (Å²) in [5.41, 5.74) is 1.07. The molecule has 2 rings (SSSR count). The first-order chi connectivity index (χ1) is 10.2. The van der Waals surface area contributed by atoms with Gasteiger partial charge in [0.2, 0.25) is 5.91 Å². The first-order valence-corrected chi connectivity index (χ1v) is 7.34. The van der Waals surface area contributed by atoms with E-state index in [1.807, 2.05) is 56.3 Å². The van der Waals surface area contributed by atoms with Crippen molar-refractivity contribution in [3.05, 3.63) is 60.1 Å². The third kappa shape index (κ3) is 4.20. The van der Waals surface area contributed by atoms with Crippen LogP contribution >= 0.6 is 0 Å². The van der Waals surface area contributed by atoms with Crippen LogP contribution in [0, 0.1) is 0 Å². The van der Waals surface area contributed by atoms with Crippen molar-refractivity contribution in [3.63, 3.8) is 0 Å². The summed E-state index contributed by atoms with van der Waals surface area (Å²) in [5.74, 6) is 0.806. The Bertz CT molecular complexity index is 537. The molecule has 0 saturated heterocycles. The predicted octanol–water partition coefficient (Wildman–Crippen LogP) is 2.87. The molecule has 0 fully saturated rings. The average Bonchev–Trinajstić information content (AvgIpc) is 3.04. The minimum absolute atomic E-state index is 0.00402. The molecule has 21 heavy (non-hydrogen) atoms. The molecule has 2 atom stereocenters. The van der Waals surface area contributed by atoms with Gasteiger partial charge in [-0.1, -0.05) is 37.3 Å². The Kier molecular flexibility index (Phi) is 5.58. The molecule has 0 bridgehead atoms. The van der Waals surface area contributed by atoms with Gasteiger partial charge in [-0.05, 0) is 31.0 Å². The van der Waals surface area contributed by atoms with Crippen molar-refractivity contribution in [2.75, 3.05) is 6.54 Å². The number of amides is 1. The summed E-state index contributed by atoms with van der Waals surface area (Å²) in [5, 5.41) is 6.24. The van der Waals surface area contributed by atoms with Gasteiger partial charge in [-0.3, -0.25) is 10.1 Å². The van der Waals surface area contributed by atoms with Gasteiger partial charge in [0, 0.05) is 6.54 Å². The van der Waals surface area contributed by atoms with Crippen molar-refractivity contribution in [2.45, 2.75) is 32.4 Å². The lowest BCUT2D eigenvalue weighted by molar-refractivity contribution is -0.122. The number of carbonyl (C=O) groups excluding carboxylic acids is 1. The molecular weight excluding hydrogens is 264 g/mol. The van der Waals surface area contributed by atoms with Crippen LogP contribution in [-0.4, -0.2) is 18.5 Å². The van der Waals surface area contributed by atoms with E-state index in [2.05, 4.69) is 10.6 Å². The molecule has 1 aromatic carbocycles. The maximum Gasteiger partial charge on any atom is 0.236 e. The number of nitrogens with one attached hydrogen (secondary N) is 2. The van der Waals surface area contributed by atoms with Gasteiger partial charge < -0.3 is 9.73 Å². The van der Waals surface area contributed by atoms with Crippen molar-refractivity contribution < 1.29 is 9.21 Å². The van der Waals surface area contributed by atoms with Gasteiger partial charge in [-0.2, -0.15) is 0 Å². The monoisotopic (exact) mass is 286 g/mol. The van der Waals surface area contributed by atoms with Crippen molar-refractivity contribution in [1.82, 2.24) is 10.6 Å². The van der Waals surface area contributed by atoms with Gasteiger partial charge in [0.25, 0.3) is 0 Å². The Morgan fingerprint density at radius 3 is 2.57 bits per heavy atom. The van der Waals surface area contributed by atoms with Crippen LogP contribution in [0.15, 0.2) is 53.1 Å². The summed E-state index contributed by atoms with van der Waals surface area (Å²) < 4.78 is 5.52. The molecule has 4 heteroatoms. The van der Waals surface area contributed by atoms with E-state index >= 15 is 0 Å². The fourth-order valence-electron chi connectivity index (χ4n) is 2.17. The van der Waals surface area contributed by atoms with Crippen molar-refractivity contribution >= 4 is 5.91 Å². The normalized spacial score (nSPS) is 13.6. The van der Waals surface area contributed by atoms with Crippen LogP contribution < -0.4 is 10.6 Å². The highest BCUT2D eigenvalue weighted by Crippen LogP contribution is 2.22. The molecule has 0 aliphatic carbocycles. The highest BCUT2D eigenvalue weighted by molar-refractivity contribution is 5.81. The van der Waals surface area contributed by atoms with E-state index in [0.717, 1.165) is 17.7 Å². The van der Waals surface area contributed by atoms with Crippen LogP contribution in [0.4, 0.5) is 0 Å². The second kappa shape index (κ2) is 7.64. The summed E-state index contributed by atoms with van der Waals surface area (Å²) in [6, 6.07) is 13.3. The fraction of sp³-hybridized carbons (Fsp3) is 0.353. The molecule has 4 nitrogen and oxygen atoms in total. The number of carbonyl (C=O) groups is 1. The van der Waals surface area contributed by atoms with E-state index in [1.165, 1.54) is 0 Å². The standard InChI is InChI=1S/C17H22N2O2/c1-3-11-18-17(20)13(2)19-16(15-10-7-12-21-15)14-8-5-4-6-9-14/h4-10,12-13,16,19H,3,11H2,1-2H3,(H,18,20). The molecule has 0 spiro atoms. The van der Waals surface area contributed by atoms with Crippen molar-refractivity contribution in [3.8, 4) is 0 Å². The van der Waals surface area contributed by atoms with Crippen LogP contribution in [0.2, 0.25) is 0 Å². The fourth-order valence-corrected chi connectivity index (χ4v) is 2.17.